The molecule has 0 saturated carbocycles. The van der Waals surface area contributed by atoms with Gasteiger partial charge in [0.1, 0.15) is 0 Å². The Balaban J connectivity index is 1.90. The Morgan fingerprint density at radius 2 is 1.81 bits per heavy atom. The van der Waals surface area contributed by atoms with Gasteiger partial charge in [-0.3, -0.25) is 0 Å². The van der Waals surface area contributed by atoms with E-state index in [0.717, 1.165) is 27.4 Å². The van der Waals surface area contributed by atoms with Crippen molar-refractivity contribution in [2.45, 2.75) is 12.3 Å². The maximum absolute atomic E-state index is 6.54. The van der Waals surface area contributed by atoms with E-state index in [0.29, 0.717) is 0 Å². The van der Waals surface area contributed by atoms with Crippen LogP contribution in [0.3, 0.4) is 0 Å². The van der Waals surface area contributed by atoms with Crippen molar-refractivity contribution in [2.75, 3.05) is 0 Å². The predicted molar refractivity (Wildman–Crippen MR) is 87.4 cm³/mol. The first-order valence-electron chi connectivity index (χ1n) is 6.65. The van der Waals surface area contributed by atoms with Gasteiger partial charge in [0.05, 0.1) is 17.3 Å². The highest BCUT2D eigenvalue weighted by atomic mass is 35.5. The molecule has 3 rings (SSSR count). The lowest BCUT2D eigenvalue weighted by Crippen LogP contribution is -1.94. The lowest BCUT2D eigenvalue weighted by Gasteiger charge is -2.09. The molecule has 106 valence electrons. The zero-order valence-electron chi connectivity index (χ0n) is 11.5. The molecule has 0 fully saturated rings. The summed E-state index contributed by atoms with van der Waals surface area (Å²) in [5.41, 5.74) is 3.97. The van der Waals surface area contributed by atoms with Crippen molar-refractivity contribution in [2.24, 2.45) is 0 Å². The monoisotopic (exact) mass is 316 g/mol. The molecule has 2 aromatic carbocycles. The van der Waals surface area contributed by atoms with Crippen LogP contribution in [-0.2, 0) is 0 Å². The van der Waals surface area contributed by atoms with Gasteiger partial charge in [-0.05, 0) is 36.2 Å². The molecule has 0 radical (unpaired) electrons. The van der Waals surface area contributed by atoms with Crippen LogP contribution in [-0.4, -0.2) is 9.78 Å². The average Bonchev–Trinajstić information content (AvgIpc) is 3.00. The molecule has 0 aliphatic carbocycles. The number of hydrogen-bond acceptors (Lipinski definition) is 1. The van der Waals surface area contributed by atoms with Crippen LogP contribution < -0.4 is 0 Å². The molecule has 0 aliphatic heterocycles. The Hall–Kier alpha value is -1.77. The standard InChI is InChI=1S/C17H14Cl2N2/c1-12-7-8-13(9-16(12)18)17(19)14-10-20-21(11-14)15-5-3-2-4-6-15/h2-11,17H,1H3. The molecule has 0 bridgehead atoms. The van der Waals surface area contributed by atoms with Gasteiger partial charge >= 0.3 is 0 Å². The normalized spacial score (nSPS) is 12.3. The fourth-order valence-electron chi connectivity index (χ4n) is 2.15. The van der Waals surface area contributed by atoms with Gasteiger partial charge in [-0.15, -0.1) is 11.6 Å². The van der Waals surface area contributed by atoms with Gasteiger partial charge in [-0.2, -0.15) is 5.10 Å². The third-order valence-corrected chi connectivity index (χ3v) is 4.32. The summed E-state index contributed by atoms with van der Waals surface area (Å²) in [5.74, 6) is 0. The summed E-state index contributed by atoms with van der Waals surface area (Å²) in [5, 5.41) is 4.84. The summed E-state index contributed by atoms with van der Waals surface area (Å²) in [7, 11) is 0. The van der Waals surface area contributed by atoms with Crippen LogP contribution in [0.15, 0.2) is 60.9 Å². The van der Waals surface area contributed by atoms with E-state index in [-0.39, 0.29) is 5.38 Å². The fourth-order valence-corrected chi connectivity index (χ4v) is 2.59. The summed E-state index contributed by atoms with van der Waals surface area (Å²) in [6, 6.07) is 15.8. The third kappa shape index (κ3) is 2.97. The van der Waals surface area contributed by atoms with Crippen LogP contribution in [0.4, 0.5) is 0 Å². The van der Waals surface area contributed by atoms with Gasteiger partial charge in [0.15, 0.2) is 0 Å². The van der Waals surface area contributed by atoms with E-state index in [1.165, 1.54) is 0 Å². The van der Waals surface area contributed by atoms with Crippen molar-refractivity contribution in [3.8, 4) is 5.69 Å². The smallest absolute Gasteiger partial charge is 0.0866 e. The summed E-state index contributed by atoms with van der Waals surface area (Å²) in [6.07, 6.45) is 3.74. The van der Waals surface area contributed by atoms with Crippen LogP contribution >= 0.6 is 23.2 Å². The van der Waals surface area contributed by atoms with Gasteiger partial charge in [0, 0.05) is 16.8 Å². The minimum atomic E-state index is -0.263. The molecule has 2 nitrogen and oxygen atoms in total. The van der Waals surface area contributed by atoms with Crippen molar-refractivity contribution in [1.29, 1.82) is 0 Å². The van der Waals surface area contributed by atoms with Crippen molar-refractivity contribution in [3.05, 3.63) is 82.6 Å². The second-order valence-corrected chi connectivity index (χ2v) is 5.77. The molecule has 4 heteroatoms. The van der Waals surface area contributed by atoms with Gasteiger partial charge < -0.3 is 0 Å². The molecule has 0 aliphatic rings. The van der Waals surface area contributed by atoms with Gasteiger partial charge in [0.25, 0.3) is 0 Å². The number of aromatic nitrogens is 2. The lowest BCUT2D eigenvalue weighted by atomic mass is 10.1. The van der Waals surface area contributed by atoms with E-state index in [4.69, 9.17) is 23.2 Å². The van der Waals surface area contributed by atoms with Gasteiger partial charge in [-0.1, -0.05) is 41.9 Å². The molecule has 0 N–H and O–H groups in total. The molecule has 0 spiro atoms. The van der Waals surface area contributed by atoms with E-state index < -0.39 is 0 Å². The van der Waals surface area contributed by atoms with E-state index >= 15 is 0 Å². The van der Waals surface area contributed by atoms with Crippen LogP contribution in [0.2, 0.25) is 5.02 Å². The molecular formula is C17H14Cl2N2. The molecule has 0 amide bonds. The highest BCUT2D eigenvalue weighted by Crippen LogP contribution is 2.31. The molecule has 3 aromatic rings. The quantitative estimate of drug-likeness (QED) is 0.610. The Morgan fingerprint density at radius 1 is 1.05 bits per heavy atom. The van der Waals surface area contributed by atoms with Crippen molar-refractivity contribution in [3.63, 3.8) is 0 Å². The second kappa shape index (κ2) is 5.92. The van der Waals surface area contributed by atoms with Crippen molar-refractivity contribution in [1.82, 2.24) is 9.78 Å². The third-order valence-electron chi connectivity index (χ3n) is 3.40. The fraction of sp³-hybridized carbons (Fsp3) is 0.118. The minimum absolute atomic E-state index is 0.263. The zero-order valence-corrected chi connectivity index (χ0v) is 13.0. The van der Waals surface area contributed by atoms with Crippen molar-refractivity contribution >= 4 is 23.2 Å². The number of para-hydroxylation sites is 1. The molecular weight excluding hydrogens is 303 g/mol. The van der Waals surface area contributed by atoms with Crippen molar-refractivity contribution < 1.29 is 0 Å². The molecule has 1 aromatic heterocycles. The number of aryl methyl sites for hydroxylation is 1. The Morgan fingerprint density at radius 3 is 2.52 bits per heavy atom. The van der Waals surface area contributed by atoms with E-state index in [1.54, 1.807) is 6.20 Å². The highest BCUT2D eigenvalue weighted by molar-refractivity contribution is 6.31. The van der Waals surface area contributed by atoms with E-state index in [2.05, 4.69) is 5.10 Å². The number of hydrogen-bond donors (Lipinski definition) is 0. The molecule has 1 unspecified atom stereocenters. The van der Waals surface area contributed by atoms with Gasteiger partial charge in [-0.25, -0.2) is 4.68 Å². The lowest BCUT2D eigenvalue weighted by molar-refractivity contribution is 0.880. The Kier molecular flexibility index (Phi) is 4.00. The predicted octanol–water partition coefficient (Wildman–Crippen LogP) is 5.16. The number of alkyl halides is 1. The summed E-state index contributed by atoms with van der Waals surface area (Å²) in [6.45, 7) is 1.97. The van der Waals surface area contributed by atoms with Crippen LogP contribution in [0.5, 0.6) is 0 Å². The average molecular weight is 317 g/mol. The maximum Gasteiger partial charge on any atom is 0.0866 e. The van der Waals surface area contributed by atoms with Crippen LogP contribution in [0.25, 0.3) is 5.69 Å². The summed E-state index contributed by atoms with van der Waals surface area (Å²) in [4.78, 5) is 0. The van der Waals surface area contributed by atoms with Crippen LogP contribution in [0.1, 0.15) is 22.1 Å². The maximum atomic E-state index is 6.54. The first-order valence-corrected chi connectivity index (χ1v) is 7.47. The summed E-state index contributed by atoms with van der Waals surface area (Å²) >= 11 is 12.7. The van der Waals surface area contributed by atoms with Crippen LogP contribution in [0, 0.1) is 6.92 Å². The molecule has 21 heavy (non-hydrogen) atoms. The minimum Gasteiger partial charge on any atom is -0.241 e. The van der Waals surface area contributed by atoms with E-state index in [1.807, 2.05) is 66.3 Å². The first kappa shape index (κ1) is 14.2. The Bertz CT molecular complexity index is 750. The van der Waals surface area contributed by atoms with Gasteiger partial charge in [0.2, 0.25) is 0 Å². The largest absolute Gasteiger partial charge is 0.241 e. The Labute approximate surface area is 133 Å². The zero-order chi connectivity index (χ0) is 14.8. The molecule has 1 atom stereocenters. The number of benzene rings is 2. The highest BCUT2D eigenvalue weighted by Gasteiger charge is 2.14. The molecule has 0 saturated heterocycles. The first-order chi connectivity index (χ1) is 10.1. The number of nitrogens with zero attached hydrogens (tertiary/aromatic N) is 2. The topological polar surface area (TPSA) is 17.8 Å². The van der Waals surface area contributed by atoms with E-state index in [9.17, 15) is 0 Å². The molecule has 1 heterocycles. The number of rotatable bonds is 3. The second-order valence-electron chi connectivity index (χ2n) is 4.92. The summed E-state index contributed by atoms with van der Waals surface area (Å²) < 4.78 is 1.82. The number of halogens is 2. The SMILES string of the molecule is Cc1ccc(C(Cl)c2cnn(-c3ccccc3)c2)cc1Cl.